The Bertz CT molecular complexity index is 1060. The van der Waals surface area contributed by atoms with Gasteiger partial charge < -0.3 is 9.32 Å². The molecule has 152 valence electrons. The van der Waals surface area contributed by atoms with Crippen molar-refractivity contribution in [3.05, 3.63) is 83.1 Å². The van der Waals surface area contributed by atoms with Gasteiger partial charge >= 0.3 is 0 Å². The zero-order valence-electron chi connectivity index (χ0n) is 16.7. The number of amides is 1. The highest BCUT2D eigenvalue weighted by Gasteiger charge is 2.33. The lowest BCUT2D eigenvalue weighted by atomic mass is 9.94. The van der Waals surface area contributed by atoms with E-state index in [1.807, 2.05) is 23.1 Å². The van der Waals surface area contributed by atoms with Crippen LogP contribution >= 0.6 is 0 Å². The summed E-state index contributed by atoms with van der Waals surface area (Å²) in [6.07, 6.45) is 3.84. The Hall–Kier alpha value is -3.28. The van der Waals surface area contributed by atoms with Gasteiger partial charge in [-0.05, 0) is 31.7 Å². The molecule has 0 atom stereocenters. The molecule has 0 N–H and O–H groups in total. The summed E-state index contributed by atoms with van der Waals surface area (Å²) in [5, 5.41) is 8.42. The predicted octanol–water partition coefficient (Wildman–Crippen LogP) is 4.20. The van der Waals surface area contributed by atoms with Gasteiger partial charge in [-0.2, -0.15) is 0 Å². The molecule has 5 rings (SSSR count). The summed E-state index contributed by atoms with van der Waals surface area (Å²) in [6, 6.07) is 16.1. The van der Waals surface area contributed by atoms with E-state index in [9.17, 15) is 9.59 Å². The molecule has 3 aromatic rings. The maximum atomic E-state index is 13.2. The van der Waals surface area contributed by atoms with Gasteiger partial charge in [-0.15, -0.1) is 10.2 Å². The monoisotopic (exact) mass is 401 g/mol. The van der Waals surface area contributed by atoms with Crippen LogP contribution in [0.4, 0.5) is 0 Å². The van der Waals surface area contributed by atoms with E-state index in [0.717, 1.165) is 31.6 Å². The number of nitrogens with zero attached hydrogens (tertiary/aromatic N) is 3. The zero-order valence-corrected chi connectivity index (χ0v) is 16.7. The van der Waals surface area contributed by atoms with Crippen LogP contribution in [-0.2, 0) is 0 Å². The van der Waals surface area contributed by atoms with Gasteiger partial charge in [0, 0.05) is 36.1 Å². The summed E-state index contributed by atoms with van der Waals surface area (Å²) >= 11 is 0. The second kappa shape index (κ2) is 7.86. The molecule has 0 spiro atoms. The number of carbonyl (C=O) groups excluding carboxylic acids is 2. The van der Waals surface area contributed by atoms with Gasteiger partial charge in [0.25, 0.3) is 5.91 Å². The summed E-state index contributed by atoms with van der Waals surface area (Å²) in [4.78, 5) is 28.0. The molecule has 1 saturated heterocycles. The SMILES string of the molecule is O=C(c1ccccc1)c1ccccc1C(=O)N1CCC(c2nnc(C3CC3)o2)CC1. The maximum absolute atomic E-state index is 13.2. The molecule has 30 heavy (non-hydrogen) atoms. The molecule has 1 saturated carbocycles. The topological polar surface area (TPSA) is 76.3 Å². The van der Waals surface area contributed by atoms with Crippen molar-refractivity contribution in [1.29, 1.82) is 0 Å². The molecule has 0 bridgehead atoms. The molecule has 1 amide bonds. The first kappa shape index (κ1) is 18.7. The third kappa shape index (κ3) is 3.65. The molecule has 1 aliphatic carbocycles. The minimum atomic E-state index is -0.132. The number of aromatic nitrogens is 2. The molecule has 6 heteroatoms. The fourth-order valence-corrected chi connectivity index (χ4v) is 4.02. The molecule has 2 aromatic carbocycles. The van der Waals surface area contributed by atoms with E-state index >= 15 is 0 Å². The third-order valence-corrected chi connectivity index (χ3v) is 5.95. The van der Waals surface area contributed by atoms with Crippen molar-refractivity contribution in [1.82, 2.24) is 15.1 Å². The fraction of sp³-hybridized carbons (Fsp3) is 0.333. The van der Waals surface area contributed by atoms with Crippen molar-refractivity contribution in [3.63, 3.8) is 0 Å². The summed E-state index contributed by atoms with van der Waals surface area (Å²) in [6.45, 7) is 1.22. The van der Waals surface area contributed by atoms with Crippen LogP contribution in [0.25, 0.3) is 0 Å². The summed E-state index contributed by atoms with van der Waals surface area (Å²) in [7, 11) is 0. The van der Waals surface area contributed by atoms with Gasteiger partial charge in [0.2, 0.25) is 11.8 Å². The first-order valence-corrected chi connectivity index (χ1v) is 10.5. The number of ketones is 1. The average Bonchev–Trinajstić information content (AvgIpc) is 3.55. The van der Waals surface area contributed by atoms with Crippen LogP contribution < -0.4 is 0 Å². The predicted molar refractivity (Wildman–Crippen MR) is 110 cm³/mol. The molecule has 2 aliphatic rings. The first-order valence-electron chi connectivity index (χ1n) is 10.5. The van der Waals surface area contributed by atoms with Crippen molar-refractivity contribution < 1.29 is 14.0 Å². The number of rotatable bonds is 5. The zero-order chi connectivity index (χ0) is 20.5. The number of benzene rings is 2. The van der Waals surface area contributed by atoms with Crippen LogP contribution in [0.5, 0.6) is 0 Å². The maximum Gasteiger partial charge on any atom is 0.254 e. The number of piperidine rings is 1. The van der Waals surface area contributed by atoms with E-state index < -0.39 is 0 Å². The second-order valence-corrected chi connectivity index (χ2v) is 8.06. The van der Waals surface area contributed by atoms with Crippen LogP contribution in [0.3, 0.4) is 0 Å². The molecule has 2 heterocycles. The van der Waals surface area contributed by atoms with E-state index in [1.54, 1.807) is 36.4 Å². The van der Waals surface area contributed by atoms with Crippen molar-refractivity contribution in [2.75, 3.05) is 13.1 Å². The summed E-state index contributed by atoms with van der Waals surface area (Å²) < 4.78 is 5.86. The Morgan fingerprint density at radius 3 is 1.97 bits per heavy atom. The van der Waals surface area contributed by atoms with E-state index in [2.05, 4.69) is 10.2 Å². The van der Waals surface area contributed by atoms with E-state index in [-0.39, 0.29) is 17.6 Å². The lowest BCUT2D eigenvalue weighted by Gasteiger charge is -2.31. The van der Waals surface area contributed by atoms with Gasteiger partial charge in [0.15, 0.2) is 5.78 Å². The van der Waals surface area contributed by atoms with E-state index in [1.165, 1.54) is 0 Å². The summed E-state index contributed by atoms with van der Waals surface area (Å²) in [5.41, 5.74) is 1.49. The number of hydrogen-bond donors (Lipinski definition) is 0. The first-order chi connectivity index (χ1) is 14.7. The van der Waals surface area contributed by atoms with Crippen LogP contribution in [0.1, 0.15) is 75.6 Å². The number of likely N-dealkylation sites (tertiary alicyclic amines) is 1. The Kier molecular flexibility index (Phi) is 4.91. The van der Waals surface area contributed by atoms with Gasteiger partial charge in [0.05, 0.1) is 5.56 Å². The van der Waals surface area contributed by atoms with Crippen molar-refractivity contribution >= 4 is 11.7 Å². The highest BCUT2D eigenvalue weighted by molar-refractivity contribution is 6.15. The van der Waals surface area contributed by atoms with Crippen LogP contribution in [-0.4, -0.2) is 39.9 Å². The van der Waals surface area contributed by atoms with Crippen LogP contribution in [0.2, 0.25) is 0 Å². The molecule has 1 aromatic heterocycles. The lowest BCUT2D eigenvalue weighted by Crippen LogP contribution is -2.38. The Balaban J connectivity index is 1.29. The van der Waals surface area contributed by atoms with Crippen LogP contribution in [0.15, 0.2) is 59.0 Å². The molecule has 6 nitrogen and oxygen atoms in total. The van der Waals surface area contributed by atoms with Gasteiger partial charge in [-0.25, -0.2) is 0 Å². The molecule has 0 unspecified atom stereocenters. The highest BCUT2D eigenvalue weighted by Crippen LogP contribution is 2.40. The van der Waals surface area contributed by atoms with Crippen molar-refractivity contribution in [2.45, 2.75) is 37.5 Å². The molecule has 0 radical (unpaired) electrons. The molecular formula is C24H23N3O3. The van der Waals surface area contributed by atoms with Crippen LogP contribution in [0, 0.1) is 0 Å². The van der Waals surface area contributed by atoms with E-state index in [4.69, 9.17) is 4.42 Å². The van der Waals surface area contributed by atoms with Crippen molar-refractivity contribution in [2.24, 2.45) is 0 Å². The van der Waals surface area contributed by atoms with Gasteiger partial charge in [-0.1, -0.05) is 48.5 Å². The van der Waals surface area contributed by atoms with E-state index in [0.29, 0.717) is 41.6 Å². The quantitative estimate of drug-likeness (QED) is 0.599. The van der Waals surface area contributed by atoms with Gasteiger partial charge in [-0.3, -0.25) is 9.59 Å². The minimum absolute atomic E-state index is 0.0995. The second-order valence-electron chi connectivity index (χ2n) is 8.06. The molecule has 2 fully saturated rings. The van der Waals surface area contributed by atoms with Crippen molar-refractivity contribution in [3.8, 4) is 0 Å². The lowest BCUT2D eigenvalue weighted by molar-refractivity contribution is 0.0702. The fourth-order valence-electron chi connectivity index (χ4n) is 4.02. The summed E-state index contributed by atoms with van der Waals surface area (Å²) in [5.74, 6) is 1.87. The Morgan fingerprint density at radius 1 is 0.767 bits per heavy atom. The number of carbonyl (C=O) groups is 2. The average molecular weight is 401 g/mol. The number of hydrogen-bond acceptors (Lipinski definition) is 5. The Morgan fingerprint density at radius 2 is 1.33 bits per heavy atom. The Labute approximate surface area is 174 Å². The highest BCUT2D eigenvalue weighted by atomic mass is 16.4. The third-order valence-electron chi connectivity index (χ3n) is 5.95. The smallest absolute Gasteiger partial charge is 0.254 e. The largest absolute Gasteiger partial charge is 0.425 e. The minimum Gasteiger partial charge on any atom is -0.425 e. The normalized spacial score (nSPS) is 17.1. The molecular weight excluding hydrogens is 378 g/mol. The standard InChI is InChI=1S/C24H23N3O3/c28-21(16-6-2-1-3-7-16)19-8-4-5-9-20(19)24(29)27-14-12-18(13-15-27)23-26-25-22(30-23)17-10-11-17/h1-9,17-18H,10-15H2. The molecule has 1 aliphatic heterocycles. The van der Waals surface area contributed by atoms with Gasteiger partial charge in [0.1, 0.15) is 0 Å².